The molecule has 0 bridgehead atoms. The maximum absolute atomic E-state index is 12.7. The first kappa shape index (κ1) is 14.6. The second-order valence-corrected chi connectivity index (χ2v) is 5.01. The van der Waals surface area contributed by atoms with Crippen molar-refractivity contribution in [1.29, 1.82) is 0 Å². The first-order chi connectivity index (χ1) is 9.36. The van der Waals surface area contributed by atoms with Crippen LogP contribution in [0, 0.1) is 5.92 Å². The summed E-state index contributed by atoms with van der Waals surface area (Å²) in [5.74, 6) is -2.03. The number of aromatic nitrogens is 1. The Labute approximate surface area is 114 Å². The van der Waals surface area contributed by atoms with E-state index in [0.717, 1.165) is 0 Å². The minimum absolute atomic E-state index is 0.0957. The minimum atomic E-state index is -4.21. The Morgan fingerprint density at radius 1 is 1.35 bits per heavy atom. The number of rotatable bonds is 2. The van der Waals surface area contributed by atoms with E-state index in [1.165, 1.54) is 18.5 Å². The first-order valence-electron chi connectivity index (χ1n) is 6.38. The maximum atomic E-state index is 12.7. The van der Waals surface area contributed by atoms with E-state index >= 15 is 0 Å². The zero-order valence-electron chi connectivity index (χ0n) is 10.7. The van der Waals surface area contributed by atoms with Crippen LogP contribution in [-0.2, 0) is 0 Å². The highest BCUT2D eigenvalue weighted by Gasteiger charge is 2.42. The average Bonchev–Trinajstić information content (AvgIpc) is 2.38. The molecule has 1 heterocycles. The van der Waals surface area contributed by atoms with Gasteiger partial charge in [0.05, 0.1) is 17.7 Å². The second kappa shape index (κ2) is 5.68. The summed E-state index contributed by atoms with van der Waals surface area (Å²) in [7, 11) is 0. The van der Waals surface area contributed by atoms with Gasteiger partial charge in [0.25, 0.3) is 5.91 Å². The number of alkyl halides is 3. The summed E-state index contributed by atoms with van der Waals surface area (Å²) in [6.07, 6.45) is -0.783. The molecule has 2 unspecified atom stereocenters. The van der Waals surface area contributed by atoms with Gasteiger partial charge in [-0.25, -0.2) is 0 Å². The SMILES string of the molecule is O=C(NC1CCCC(C(F)(F)F)C1)c1cncc(O)c1. The fourth-order valence-electron chi connectivity index (χ4n) is 2.44. The standard InChI is InChI=1S/C13H15F3N2O2/c14-13(15,16)9-2-1-3-10(5-9)18-12(20)8-4-11(19)7-17-6-8/h4,6-7,9-10,19H,1-3,5H2,(H,18,20). The van der Waals surface area contributed by atoms with Gasteiger partial charge in [-0.1, -0.05) is 6.42 Å². The van der Waals surface area contributed by atoms with Gasteiger partial charge in [0.15, 0.2) is 0 Å². The van der Waals surface area contributed by atoms with E-state index in [1.54, 1.807) is 0 Å². The van der Waals surface area contributed by atoms with Crippen LogP contribution in [-0.4, -0.2) is 28.2 Å². The van der Waals surface area contributed by atoms with Crippen molar-refractivity contribution in [1.82, 2.24) is 10.3 Å². The van der Waals surface area contributed by atoms with Crippen LogP contribution in [0.3, 0.4) is 0 Å². The van der Waals surface area contributed by atoms with E-state index in [9.17, 15) is 23.1 Å². The topological polar surface area (TPSA) is 62.2 Å². The van der Waals surface area contributed by atoms with E-state index < -0.39 is 24.0 Å². The van der Waals surface area contributed by atoms with Crippen molar-refractivity contribution >= 4 is 5.91 Å². The lowest BCUT2D eigenvalue weighted by atomic mass is 9.85. The largest absolute Gasteiger partial charge is 0.506 e. The Hall–Kier alpha value is -1.79. The number of amides is 1. The van der Waals surface area contributed by atoms with Crippen molar-refractivity contribution in [2.24, 2.45) is 5.92 Å². The Balaban J connectivity index is 1.98. The lowest BCUT2D eigenvalue weighted by Gasteiger charge is -2.31. The maximum Gasteiger partial charge on any atom is 0.391 e. The van der Waals surface area contributed by atoms with Crippen molar-refractivity contribution < 1.29 is 23.1 Å². The molecule has 1 aliphatic rings. The Kier molecular flexibility index (Phi) is 4.15. The number of carbonyl (C=O) groups excluding carboxylic acids is 1. The molecular formula is C13H15F3N2O2. The van der Waals surface area contributed by atoms with Crippen molar-refractivity contribution in [2.45, 2.75) is 37.9 Å². The zero-order valence-corrected chi connectivity index (χ0v) is 10.7. The van der Waals surface area contributed by atoms with E-state index in [-0.39, 0.29) is 24.2 Å². The molecule has 0 aromatic carbocycles. The van der Waals surface area contributed by atoms with Gasteiger partial charge in [0.2, 0.25) is 0 Å². The van der Waals surface area contributed by atoms with Crippen LogP contribution in [0.25, 0.3) is 0 Å². The molecule has 2 N–H and O–H groups in total. The molecule has 1 amide bonds. The molecule has 1 fully saturated rings. The highest BCUT2D eigenvalue weighted by molar-refractivity contribution is 5.94. The second-order valence-electron chi connectivity index (χ2n) is 5.01. The summed E-state index contributed by atoms with van der Waals surface area (Å²) < 4.78 is 38.0. The molecule has 1 aromatic rings. The normalized spacial score (nSPS) is 23.4. The van der Waals surface area contributed by atoms with Crippen LogP contribution < -0.4 is 5.32 Å². The predicted octanol–water partition coefficient (Wildman–Crippen LogP) is 2.64. The van der Waals surface area contributed by atoms with Gasteiger partial charge < -0.3 is 10.4 Å². The number of aromatic hydroxyl groups is 1. The van der Waals surface area contributed by atoms with Crippen LogP contribution in [0.4, 0.5) is 13.2 Å². The fraction of sp³-hybridized carbons (Fsp3) is 0.538. The fourth-order valence-corrected chi connectivity index (χ4v) is 2.44. The highest BCUT2D eigenvalue weighted by Crippen LogP contribution is 2.37. The predicted molar refractivity (Wildman–Crippen MR) is 65.2 cm³/mol. The smallest absolute Gasteiger partial charge is 0.391 e. The number of hydrogen-bond donors (Lipinski definition) is 2. The number of carbonyl (C=O) groups is 1. The van der Waals surface area contributed by atoms with E-state index in [1.807, 2.05) is 0 Å². The first-order valence-corrected chi connectivity index (χ1v) is 6.38. The molecule has 1 aromatic heterocycles. The molecule has 0 aliphatic heterocycles. The summed E-state index contributed by atoms with van der Waals surface area (Å²) >= 11 is 0. The molecule has 110 valence electrons. The van der Waals surface area contributed by atoms with Crippen molar-refractivity contribution in [2.75, 3.05) is 0 Å². The zero-order chi connectivity index (χ0) is 14.8. The summed E-state index contributed by atoms with van der Waals surface area (Å²) in [6.45, 7) is 0. The van der Waals surface area contributed by atoms with Gasteiger partial charge in [-0.15, -0.1) is 0 Å². The quantitative estimate of drug-likeness (QED) is 0.879. The van der Waals surface area contributed by atoms with Crippen molar-refractivity contribution in [3.63, 3.8) is 0 Å². The molecule has 2 rings (SSSR count). The number of nitrogens with zero attached hydrogens (tertiary/aromatic N) is 1. The average molecular weight is 288 g/mol. The third-order valence-electron chi connectivity index (χ3n) is 3.46. The molecule has 1 aliphatic carbocycles. The molecular weight excluding hydrogens is 273 g/mol. The number of pyridine rings is 1. The van der Waals surface area contributed by atoms with Gasteiger partial charge in [0, 0.05) is 12.2 Å². The van der Waals surface area contributed by atoms with E-state index in [0.29, 0.717) is 12.8 Å². The molecule has 0 radical (unpaired) electrons. The Morgan fingerprint density at radius 3 is 2.75 bits per heavy atom. The lowest BCUT2D eigenvalue weighted by Crippen LogP contribution is -2.41. The lowest BCUT2D eigenvalue weighted by molar-refractivity contribution is -0.183. The van der Waals surface area contributed by atoms with E-state index in [4.69, 9.17) is 0 Å². The third kappa shape index (κ3) is 3.61. The van der Waals surface area contributed by atoms with Crippen LogP contribution in [0.15, 0.2) is 18.5 Å². The molecule has 2 atom stereocenters. The van der Waals surface area contributed by atoms with Gasteiger partial charge in [-0.2, -0.15) is 13.2 Å². The van der Waals surface area contributed by atoms with Crippen molar-refractivity contribution in [3.05, 3.63) is 24.0 Å². The minimum Gasteiger partial charge on any atom is -0.506 e. The van der Waals surface area contributed by atoms with Gasteiger partial charge >= 0.3 is 6.18 Å². The molecule has 0 spiro atoms. The molecule has 20 heavy (non-hydrogen) atoms. The van der Waals surface area contributed by atoms with E-state index in [2.05, 4.69) is 10.3 Å². The van der Waals surface area contributed by atoms with Gasteiger partial charge in [-0.3, -0.25) is 9.78 Å². The number of nitrogens with one attached hydrogen (secondary N) is 1. The van der Waals surface area contributed by atoms with Crippen molar-refractivity contribution in [3.8, 4) is 5.75 Å². The summed E-state index contributed by atoms with van der Waals surface area (Å²) in [6, 6.07) is 0.733. The molecule has 4 nitrogen and oxygen atoms in total. The molecule has 0 saturated heterocycles. The molecule has 1 saturated carbocycles. The number of hydrogen-bond acceptors (Lipinski definition) is 3. The van der Waals surface area contributed by atoms with Gasteiger partial charge in [-0.05, 0) is 25.3 Å². The van der Waals surface area contributed by atoms with Crippen LogP contribution in [0.2, 0.25) is 0 Å². The van der Waals surface area contributed by atoms with Crippen LogP contribution in [0.1, 0.15) is 36.0 Å². The highest BCUT2D eigenvalue weighted by atomic mass is 19.4. The van der Waals surface area contributed by atoms with Crippen LogP contribution in [0.5, 0.6) is 5.75 Å². The third-order valence-corrected chi connectivity index (χ3v) is 3.46. The molecule has 7 heteroatoms. The Bertz CT molecular complexity index is 491. The summed E-state index contributed by atoms with van der Waals surface area (Å²) in [5.41, 5.74) is 0.138. The monoisotopic (exact) mass is 288 g/mol. The summed E-state index contributed by atoms with van der Waals surface area (Å²) in [5, 5.41) is 11.8. The number of halogens is 3. The van der Waals surface area contributed by atoms with Gasteiger partial charge in [0.1, 0.15) is 5.75 Å². The Morgan fingerprint density at radius 2 is 2.10 bits per heavy atom. The summed E-state index contributed by atoms with van der Waals surface area (Å²) in [4.78, 5) is 15.5. The van der Waals surface area contributed by atoms with Crippen LogP contribution >= 0.6 is 0 Å².